The van der Waals surface area contributed by atoms with Crippen molar-refractivity contribution in [2.45, 2.75) is 25.7 Å². The third-order valence-electron chi connectivity index (χ3n) is 2.81. The van der Waals surface area contributed by atoms with Crippen LogP contribution in [-0.2, 0) is 11.2 Å². The van der Waals surface area contributed by atoms with Gasteiger partial charge in [-0.15, -0.1) is 0 Å². The molecule has 0 bridgehead atoms. The molecule has 0 unspecified atom stereocenters. The zero-order chi connectivity index (χ0) is 12.3. The summed E-state index contributed by atoms with van der Waals surface area (Å²) in [6.07, 6.45) is 3.09. The van der Waals surface area contributed by atoms with E-state index in [9.17, 15) is 14.7 Å². The number of phenols is 1. The summed E-state index contributed by atoms with van der Waals surface area (Å²) in [5.41, 5.74) is 1.28. The first-order chi connectivity index (χ1) is 8.22. The Morgan fingerprint density at radius 1 is 1.35 bits per heavy atom. The monoisotopic (exact) mass is 234 g/mol. The summed E-state index contributed by atoms with van der Waals surface area (Å²) in [5, 5.41) is 9.73. The minimum atomic E-state index is -0.00925. The number of aromatic hydroxyl groups is 1. The highest BCUT2D eigenvalue weighted by Gasteiger charge is 2.24. The van der Waals surface area contributed by atoms with E-state index in [1.54, 1.807) is 6.07 Å². The van der Waals surface area contributed by atoms with E-state index < -0.39 is 0 Å². The minimum absolute atomic E-state index is 0.00427. The number of unbranched alkanes of at least 4 members (excludes halogenated alkanes) is 1. The van der Waals surface area contributed by atoms with Gasteiger partial charge in [-0.25, -0.2) is 0 Å². The second-order valence-corrected chi connectivity index (χ2v) is 4.06. The van der Waals surface area contributed by atoms with Gasteiger partial charge in [-0.2, -0.15) is 0 Å². The number of fused-ring (bicyclic) bond motifs is 1. The fourth-order valence-corrected chi connectivity index (χ4v) is 1.99. The number of rotatable bonds is 5. The fraction of sp³-hybridized carbons (Fsp3) is 0.385. The van der Waals surface area contributed by atoms with Crippen LogP contribution in [0.3, 0.4) is 0 Å². The smallest absolute Gasteiger partial charge is 0.167 e. The van der Waals surface area contributed by atoms with Crippen LogP contribution in [0.1, 0.15) is 35.2 Å². The van der Waals surface area contributed by atoms with Gasteiger partial charge in [0, 0.05) is 18.9 Å². The molecule has 0 atom stereocenters. The van der Waals surface area contributed by atoms with Crippen molar-refractivity contribution in [3.63, 3.8) is 0 Å². The summed E-state index contributed by atoms with van der Waals surface area (Å²) in [4.78, 5) is 21.6. The number of carbonyl (C=O) groups excluding carboxylic acids is 2. The lowest BCUT2D eigenvalue weighted by Crippen LogP contribution is -1.99. The van der Waals surface area contributed by atoms with Gasteiger partial charge in [-0.1, -0.05) is 0 Å². The summed E-state index contributed by atoms with van der Waals surface area (Å²) in [6.45, 7) is 0.435. The topological polar surface area (TPSA) is 63.6 Å². The van der Waals surface area contributed by atoms with Gasteiger partial charge in [0.1, 0.15) is 17.8 Å². The Labute approximate surface area is 99.2 Å². The zero-order valence-corrected chi connectivity index (χ0v) is 9.44. The highest BCUT2D eigenvalue weighted by molar-refractivity contribution is 6.03. The lowest BCUT2D eigenvalue weighted by Gasteiger charge is -2.08. The molecule has 1 aliphatic rings. The van der Waals surface area contributed by atoms with Crippen molar-refractivity contribution in [1.82, 2.24) is 0 Å². The Balaban J connectivity index is 2.08. The van der Waals surface area contributed by atoms with Crippen molar-refractivity contribution in [2.75, 3.05) is 6.61 Å². The van der Waals surface area contributed by atoms with E-state index in [-0.39, 0.29) is 11.5 Å². The molecular formula is C13H14O4. The molecule has 1 aliphatic carbocycles. The Kier molecular flexibility index (Phi) is 3.42. The van der Waals surface area contributed by atoms with Gasteiger partial charge >= 0.3 is 0 Å². The van der Waals surface area contributed by atoms with Crippen LogP contribution >= 0.6 is 0 Å². The molecule has 2 rings (SSSR count). The van der Waals surface area contributed by atoms with Crippen molar-refractivity contribution in [3.05, 3.63) is 23.3 Å². The van der Waals surface area contributed by atoms with Crippen LogP contribution in [0.5, 0.6) is 11.5 Å². The zero-order valence-electron chi connectivity index (χ0n) is 9.44. The molecule has 4 heteroatoms. The molecule has 1 aromatic carbocycles. The maximum atomic E-state index is 11.5. The lowest BCUT2D eigenvalue weighted by atomic mass is 10.1. The van der Waals surface area contributed by atoms with Gasteiger partial charge in [-0.05, 0) is 24.5 Å². The predicted octanol–water partition coefficient (Wildman–Crippen LogP) is 1.88. The van der Waals surface area contributed by atoms with Crippen LogP contribution < -0.4 is 4.74 Å². The van der Waals surface area contributed by atoms with E-state index in [1.165, 1.54) is 6.07 Å². The predicted molar refractivity (Wildman–Crippen MR) is 61.6 cm³/mol. The average Bonchev–Trinajstić information content (AvgIpc) is 2.67. The summed E-state index contributed by atoms with van der Waals surface area (Å²) in [5.74, 6) is 0.544. The van der Waals surface area contributed by atoms with Crippen LogP contribution in [0, 0.1) is 0 Å². The third-order valence-corrected chi connectivity index (χ3v) is 2.81. The standard InChI is InChI=1S/C13H14O4/c14-5-1-2-6-17-10-7-9-3-4-11(15)13(9)12(16)8-10/h5,7-8,16H,1-4,6H2. The molecule has 0 radical (unpaired) electrons. The minimum Gasteiger partial charge on any atom is -0.507 e. The fourth-order valence-electron chi connectivity index (χ4n) is 1.99. The molecule has 1 aromatic rings. The van der Waals surface area contributed by atoms with Crippen molar-refractivity contribution < 1.29 is 19.4 Å². The maximum absolute atomic E-state index is 11.5. The van der Waals surface area contributed by atoms with E-state index >= 15 is 0 Å². The second-order valence-electron chi connectivity index (χ2n) is 4.06. The van der Waals surface area contributed by atoms with Crippen LogP contribution in [-0.4, -0.2) is 23.8 Å². The Morgan fingerprint density at radius 2 is 2.18 bits per heavy atom. The number of aldehydes is 1. The van der Waals surface area contributed by atoms with Crippen LogP contribution in [0.4, 0.5) is 0 Å². The van der Waals surface area contributed by atoms with Gasteiger partial charge in [0.25, 0.3) is 0 Å². The number of ketones is 1. The first kappa shape index (κ1) is 11.6. The van der Waals surface area contributed by atoms with Crippen molar-refractivity contribution >= 4 is 12.1 Å². The molecule has 0 spiro atoms. The number of ether oxygens (including phenoxy) is 1. The average molecular weight is 234 g/mol. The molecule has 0 saturated heterocycles. The number of hydrogen-bond acceptors (Lipinski definition) is 4. The summed E-state index contributed by atoms with van der Waals surface area (Å²) < 4.78 is 5.42. The quantitative estimate of drug-likeness (QED) is 0.624. The Hall–Kier alpha value is -1.84. The SMILES string of the molecule is O=CCCCOc1cc(O)c2c(c1)CCC2=O. The molecule has 0 fully saturated rings. The first-order valence-corrected chi connectivity index (χ1v) is 5.68. The number of Topliss-reactive ketones (excluding diaryl/α,β-unsaturated/α-hetero) is 1. The second kappa shape index (κ2) is 4.99. The van der Waals surface area contributed by atoms with E-state index in [4.69, 9.17) is 4.74 Å². The molecule has 0 amide bonds. The molecule has 0 aromatic heterocycles. The third kappa shape index (κ3) is 2.46. The summed E-state index contributed by atoms with van der Waals surface area (Å²) >= 11 is 0. The number of aryl methyl sites for hydroxylation is 1. The van der Waals surface area contributed by atoms with Crippen LogP contribution in [0.15, 0.2) is 12.1 Å². The van der Waals surface area contributed by atoms with Crippen molar-refractivity contribution in [2.24, 2.45) is 0 Å². The molecule has 4 nitrogen and oxygen atoms in total. The molecule has 90 valence electrons. The van der Waals surface area contributed by atoms with E-state index in [0.717, 1.165) is 11.8 Å². The van der Waals surface area contributed by atoms with Gasteiger partial charge in [0.2, 0.25) is 0 Å². The lowest BCUT2D eigenvalue weighted by molar-refractivity contribution is -0.108. The van der Waals surface area contributed by atoms with Crippen LogP contribution in [0.2, 0.25) is 0 Å². The molecular weight excluding hydrogens is 220 g/mol. The molecule has 17 heavy (non-hydrogen) atoms. The number of hydrogen-bond donors (Lipinski definition) is 1. The Bertz CT molecular complexity index is 451. The van der Waals surface area contributed by atoms with Gasteiger partial charge < -0.3 is 14.6 Å². The summed E-state index contributed by atoms with van der Waals surface area (Å²) in [6, 6.07) is 3.25. The molecule has 1 N–H and O–H groups in total. The normalized spacial score (nSPS) is 13.5. The molecule has 0 saturated carbocycles. The number of phenolic OH excluding ortho intramolecular Hbond substituents is 1. The van der Waals surface area contributed by atoms with Crippen molar-refractivity contribution in [3.8, 4) is 11.5 Å². The first-order valence-electron chi connectivity index (χ1n) is 5.68. The van der Waals surface area contributed by atoms with Crippen LogP contribution in [0.25, 0.3) is 0 Å². The number of carbonyl (C=O) groups is 2. The van der Waals surface area contributed by atoms with E-state index in [1.807, 2.05) is 0 Å². The Morgan fingerprint density at radius 3 is 2.94 bits per heavy atom. The number of benzene rings is 1. The van der Waals surface area contributed by atoms with Crippen molar-refractivity contribution in [1.29, 1.82) is 0 Å². The summed E-state index contributed by atoms with van der Waals surface area (Å²) in [7, 11) is 0. The highest BCUT2D eigenvalue weighted by atomic mass is 16.5. The largest absolute Gasteiger partial charge is 0.507 e. The van der Waals surface area contributed by atoms with Gasteiger partial charge in [0.15, 0.2) is 5.78 Å². The molecule has 0 aliphatic heterocycles. The van der Waals surface area contributed by atoms with Gasteiger partial charge in [0.05, 0.1) is 12.2 Å². The highest BCUT2D eigenvalue weighted by Crippen LogP contribution is 2.34. The van der Waals surface area contributed by atoms with E-state index in [2.05, 4.69) is 0 Å². The maximum Gasteiger partial charge on any atom is 0.167 e. The van der Waals surface area contributed by atoms with Gasteiger partial charge in [-0.3, -0.25) is 4.79 Å². The molecule has 0 heterocycles. The van der Waals surface area contributed by atoms with E-state index in [0.29, 0.717) is 43.6 Å².